The molecule has 0 N–H and O–H groups in total. The standard InChI is InChI=1S/C38H19N3O2/c39-20-22-12-15-33-28(18-22)29-19-23(13-16-34(29)42-33)36-24(21-40)6-5-10-31(36)41-30-9-3-1-7-25(30)26-14-17-35-37(38(26)41)27-8-2-4-11-32(27)43-35/h1-19H. The highest BCUT2D eigenvalue weighted by Gasteiger charge is 2.22. The normalized spacial score (nSPS) is 11.7. The van der Waals surface area contributed by atoms with Crippen LogP contribution in [0.15, 0.2) is 124 Å². The van der Waals surface area contributed by atoms with Crippen molar-refractivity contribution in [1.82, 2.24) is 4.57 Å². The zero-order valence-corrected chi connectivity index (χ0v) is 22.6. The van der Waals surface area contributed by atoms with Crippen molar-refractivity contribution in [3.63, 3.8) is 0 Å². The van der Waals surface area contributed by atoms with Crippen molar-refractivity contribution in [2.45, 2.75) is 0 Å². The highest BCUT2D eigenvalue weighted by molar-refractivity contribution is 6.24. The molecule has 6 aromatic carbocycles. The lowest BCUT2D eigenvalue weighted by Crippen LogP contribution is -1.99. The summed E-state index contributed by atoms with van der Waals surface area (Å²) in [5, 5.41) is 26.0. The fourth-order valence-electron chi connectivity index (χ4n) is 6.64. The van der Waals surface area contributed by atoms with E-state index in [9.17, 15) is 10.5 Å². The van der Waals surface area contributed by atoms with Gasteiger partial charge in [0.05, 0.1) is 45.4 Å². The number of hydrogen-bond donors (Lipinski definition) is 0. The van der Waals surface area contributed by atoms with Gasteiger partial charge in [-0.05, 0) is 72.3 Å². The van der Waals surface area contributed by atoms with Crippen LogP contribution < -0.4 is 0 Å². The molecule has 0 saturated heterocycles. The summed E-state index contributed by atoms with van der Waals surface area (Å²) in [6, 6.07) is 42.7. The van der Waals surface area contributed by atoms with Gasteiger partial charge in [0, 0.05) is 32.5 Å². The quantitative estimate of drug-likeness (QED) is 0.215. The van der Waals surface area contributed by atoms with Crippen LogP contribution in [0.1, 0.15) is 11.1 Å². The molecule has 0 bridgehead atoms. The van der Waals surface area contributed by atoms with Crippen LogP contribution >= 0.6 is 0 Å². The Morgan fingerprint density at radius 2 is 1.26 bits per heavy atom. The second-order valence-corrected chi connectivity index (χ2v) is 10.7. The molecule has 0 aliphatic rings. The molecule has 0 aliphatic heterocycles. The minimum Gasteiger partial charge on any atom is -0.456 e. The van der Waals surface area contributed by atoms with Crippen molar-refractivity contribution in [2.75, 3.05) is 0 Å². The first-order valence-corrected chi connectivity index (χ1v) is 14.0. The number of benzene rings is 6. The van der Waals surface area contributed by atoms with E-state index in [2.05, 4.69) is 65.2 Å². The van der Waals surface area contributed by atoms with Gasteiger partial charge in [-0.25, -0.2) is 0 Å². The number of hydrogen-bond acceptors (Lipinski definition) is 4. The fourth-order valence-corrected chi connectivity index (χ4v) is 6.64. The Bertz CT molecular complexity index is 2710. The molecule has 0 spiro atoms. The van der Waals surface area contributed by atoms with Gasteiger partial charge in [-0.1, -0.05) is 48.5 Å². The van der Waals surface area contributed by atoms with E-state index >= 15 is 0 Å². The number of furan rings is 2. The summed E-state index contributed by atoms with van der Waals surface area (Å²) in [7, 11) is 0. The Morgan fingerprint density at radius 3 is 2.12 bits per heavy atom. The summed E-state index contributed by atoms with van der Waals surface area (Å²) >= 11 is 0. The summed E-state index contributed by atoms with van der Waals surface area (Å²) in [4.78, 5) is 0. The molecule has 198 valence electrons. The summed E-state index contributed by atoms with van der Waals surface area (Å²) < 4.78 is 14.7. The lowest BCUT2D eigenvalue weighted by Gasteiger charge is -2.16. The zero-order valence-electron chi connectivity index (χ0n) is 22.6. The highest BCUT2D eigenvalue weighted by Crippen LogP contribution is 2.43. The van der Waals surface area contributed by atoms with Gasteiger partial charge in [0.25, 0.3) is 0 Å². The number of nitriles is 2. The predicted octanol–water partition coefficient (Wildman–Crippen LogP) is 9.99. The maximum Gasteiger partial charge on any atom is 0.137 e. The molecule has 0 saturated carbocycles. The van der Waals surface area contributed by atoms with Crippen molar-refractivity contribution >= 4 is 65.7 Å². The average molecular weight is 550 g/mol. The summed E-state index contributed by atoms with van der Waals surface area (Å²) in [5.74, 6) is 0. The molecule has 0 aliphatic carbocycles. The molecule has 9 aromatic rings. The maximum absolute atomic E-state index is 10.4. The van der Waals surface area contributed by atoms with Crippen molar-refractivity contribution < 1.29 is 8.83 Å². The zero-order chi connectivity index (χ0) is 28.7. The fraction of sp³-hybridized carbons (Fsp3) is 0. The lowest BCUT2D eigenvalue weighted by atomic mass is 9.96. The first-order valence-electron chi connectivity index (χ1n) is 14.0. The third kappa shape index (κ3) is 3.19. The minimum atomic E-state index is 0.567. The van der Waals surface area contributed by atoms with Crippen LogP contribution in [0.3, 0.4) is 0 Å². The summed E-state index contributed by atoms with van der Waals surface area (Å²) in [6.45, 7) is 0. The van der Waals surface area contributed by atoms with Gasteiger partial charge in [-0.3, -0.25) is 0 Å². The van der Waals surface area contributed by atoms with Crippen molar-refractivity contribution in [3.8, 4) is 29.0 Å². The Morgan fingerprint density at radius 1 is 0.535 bits per heavy atom. The van der Waals surface area contributed by atoms with Gasteiger partial charge < -0.3 is 13.4 Å². The molecule has 3 heterocycles. The first kappa shape index (κ1) is 23.4. The molecule has 0 amide bonds. The van der Waals surface area contributed by atoms with Crippen molar-refractivity contribution in [1.29, 1.82) is 10.5 Å². The van der Waals surface area contributed by atoms with E-state index in [0.29, 0.717) is 11.1 Å². The number of rotatable bonds is 2. The molecule has 0 radical (unpaired) electrons. The van der Waals surface area contributed by atoms with Crippen LogP contribution in [0.4, 0.5) is 0 Å². The van der Waals surface area contributed by atoms with Crippen LogP contribution in [-0.2, 0) is 0 Å². The molecule has 3 aromatic heterocycles. The Labute approximate surface area is 244 Å². The maximum atomic E-state index is 10.4. The molecular formula is C38H19N3O2. The topological polar surface area (TPSA) is 78.8 Å². The predicted molar refractivity (Wildman–Crippen MR) is 170 cm³/mol. The van der Waals surface area contributed by atoms with E-state index < -0.39 is 0 Å². The number of nitrogens with zero attached hydrogens (tertiary/aromatic N) is 3. The molecule has 0 atom stereocenters. The van der Waals surface area contributed by atoms with Crippen LogP contribution in [0.2, 0.25) is 0 Å². The van der Waals surface area contributed by atoms with E-state index in [1.54, 1.807) is 6.07 Å². The van der Waals surface area contributed by atoms with E-state index in [1.807, 2.05) is 60.7 Å². The second kappa shape index (κ2) is 8.60. The van der Waals surface area contributed by atoms with Gasteiger partial charge in [0.1, 0.15) is 22.3 Å². The van der Waals surface area contributed by atoms with Crippen LogP contribution in [0, 0.1) is 22.7 Å². The lowest BCUT2D eigenvalue weighted by molar-refractivity contribution is 0.668. The van der Waals surface area contributed by atoms with Crippen LogP contribution in [0.25, 0.3) is 82.5 Å². The van der Waals surface area contributed by atoms with Gasteiger partial charge in [0.15, 0.2) is 0 Å². The van der Waals surface area contributed by atoms with Gasteiger partial charge in [-0.2, -0.15) is 10.5 Å². The van der Waals surface area contributed by atoms with Crippen LogP contribution in [-0.4, -0.2) is 4.57 Å². The van der Waals surface area contributed by atoms with E-state index in [-0.39, 0.29) is 0 Å². The van der Waals surface area contributed by atoms with Crippen molar-refractivity contribution in [3.05, 3.63) is 126 Å². The number of fused-ring (bicyclic) bond motifs is 10. The molecule has 9 rings (SSSR count). The summed E-state index contributed by atoms with van der Waals surface area (Å²) in [6.07, 6.45) is 0. The van der Waals surface area contributed by atoms with Gasteiger partial charge in [0.2, 0.25) is 0 Å². The van der Waals surface area contributed by atoms with Gasteiger partial charge >= 0.3 is 0 Å². The average Bonchev–Trinajstić information content (AvgIpc) is 3.72. The minimum absolute atomic E-state index is 0.567. The molecular weight excluding hydrogens is 530 g/mol. The van der Waals surface area contributed by atoms with Crippen molar-refractivity contribution in [2.24, 2.45) is 0 Å². The molecule has 43 heavy (non-hydrogen) atoms. The Kier molecular flexibility index (Phi) is 4.68. The van der Waals surface area contributed by atoms with E-state index in [0.717, 1.165) is 82.5 Å². The van der Waals surface area contributed by atoms with E-state index in [1.165, 1.54) is 0 Å². The highest BCUT2D eigenvalue weighted by atomic mass is 16.3. The first-order chi connectivity index (χ1) is 21.2. The molecule has 0 unspecified atom stereocenters. The van der Waals surface area contributed by atoms with Gasteiger partial charge in [-0.15, -0.1) is 0 Å². The number of para-hydroxylation sites is 2. The Balaban J connectivity index is 1.44. The summed E-state index contributed by atoms with van der Waals surface area (Å²) in [5.41, 5.74) is 8.92. The largest absolute Gasteiger partial charge is 0.456 e. The smallest absolute Gasteiger partial charge is 0.137 e. The Hall–Kier alpha value is -6.30. The molecule has 0 fully saturated rings. The molecule has 5 heteroatoms. The number of aromatic nitrogens is 1. The molecule has 5 nitrogen and oxygen atoms in total. The van der Waals surface area contributed by atoms with E-state index in [4.69, 9.17) is 8.83 Å². The van der Waals surface area contributed by atoms with Crippen LogP contribution in [0.5, 0.6) is 0 Å². The second-order valence-electron chi connectivity index (χ2n) is 10.7. The monoisotopic (exact) mass is 549 g/mol. The third-order valence-corrected chi connectivity index (χ3v) is 8.47. The third-order valence-electron chi connectivity index (χ3n) is 8.47. The SMILES string of the molecule is N#Cc1ccc2oc3ccc(-c4c(C#N)cccc4-n4c5ccccc5c5ccc6oc7ccccc7c6c54)cc3c2c1.